The molecule has 1 aromatic heterocycles. The van der Waals surface area contributed by atoms with Gasteiger partial charge in [-0.2, -0.15) is 5.10 Å². The van der Waals surface area contributed by atoms with Crippen molar-refractivity contribution in [2.75, 3.05) is 19.8 Å². The number of amides is 1. The number of rotatable bonds is 4. The summed E-state index contributed by atoms with van der Waals surface area (Å²) in [4.78, 5) is 16.2. The predicted octanol–water partition coefficient (Wildman–Crippen LogP) is 2.08. The highest BCUT2D eigenvalue weighted by Crippen LogP contribution is 2.43. The van der Waals surface area contributed by atoms with E-state index in [9.17, 15) is 4.79 Å². The third-order valence-corrected chi connectivity index (χ3v) is 5.41. The maximum atomic E-state index is 11.5. The number of benzene rings is 1. The van der Waals surface area contributed by atoms with Crippen LogP contribution in [0.1, 0.15) is 37.6 Å². The Balaban J connectivity index is 1.57. The van der Waals surface area contributed by atoms with Gasteiger partial charge in [0.15, 0.2) is 11.6 Å². The second-order valence-electron chi connectivity index (χ2n) is 7.23. The summed E-state index contributed by atoms with van der Waals surface area (Å²) < 4.78 is 13.3. The number of hydrogen-bond acceptors (Lipinski definition) is 5. The molecule has 138 valence electrons. The average Bonchev–Trinajstić information content (AvgIpc) is 3.07. The summed E-state index contributed by atoms with van der Waals surface area (Å²) in [5.74, 6) is 0.842. The van der Waals surface area contributed by atoms with Crippen molar-refractivity contribution in [1.29, 1.82) is 0 Å². The van der Waals surface area contributed by atoms with Gasteiger partial charge in [-0.05, 0) is 31.1 Å². The number of ether oxygens (including phenoxy) is 2. The molecule has 1 spiro atoms. The molecule has 0 aliphatic carbocycles. The van der Waals surface area contributed by atoms with Crippen molar-refractivity contribution in [3.63, 3.8) is 0 Å². The van der Waals surface area contributed by atoms with Crippen molar-refractivity contribution in [2.45, 2.75) is 38.3 Å². The number of nitrogens with zero attached hydrogens (tertiary/aromatic N) is 3. The molecule has 2 N–H and O–H groups in total. The van der Waals surface area contributed by atoms with Crippen molar-refractivity contribution >= 4 is 5.91 Å². The lowest BCUT2D eigenvalue weighted by atomic mass is 9.75. The van der Waals surface area contributed by atoms with Crippen LogP contribution in [0, 0.1) is 5.41 Å². The Morgan fingerprint density at radius 3 is 2.65 bits per heavy atom. The predicted molar refractivity (Wildman–Crippen MR) is 95.1 cm³/mol. The van der Waals surface area contributed by atoms with E-state index in [1.807, 2.05) is 30.3 Å². The normalized spacial score (nSPS) is 22.4. The van der Waals surface area contributed by atoms with Gasteiger partial charge in [-0.1, -0.05) is 30.3 Å². The monoisotopic (exact) mass is 356 g/mol. The topological polar surface area (TPSA) is 92.3 Å². The molecule has 4 rings (SSSR count). The minimum absolute atomic E-state index is 0.00795. The third kappa shape index (κ3) is 3.50. The molecular formula is C19H24N4O3. The Morgan fingerprint density at radius 1 is 1.23 bits per heavy atom. The molecule has 2 aromatic rings. The van der Waals surface area contributed by atoms with Gasteiger partial charge in [-0.3, -0.25) is 4.79 Å². The standard InChI is InChI=1S/C19H24N4O3/c20-16(24)12-23-18(21-17(22-23)14-4-2-1-3-5-14)15-6-7-19(13-26-15)8-10-25-11-9-19/h1-5,15H,6-13H2,(H2,20,24). The first kappa shape index (κ1) is 17.2. The first-order valence-corrected chi connectivity index (χ1v) is 9.13. The van der Waals surface area contributed by atoms with E-state index < -0.39 is 5.91 Å². The van der Waals surface area contributed by atoms with Crippen LogP contribution in [0.15, 0.2) is 30.3 Å². The molecule has 1 amide bonds. The van der Waals surface area contributed by atoms with Gasteiger partial charge in [0.1, 0.15) is 12.6 Å². The lowest BCUT2D eigenvalue weighted by Crippen LogP contribution is -2.38. The molecule has 0 saturated carbocycles. The molecule has 0 radical (unpaired) electrons. The van der Waals surface area contributed by atoms with Gasteiger partial charge in [0.2, 0.25) is 5.91 Å². The van der Waals surface area contributed by atoms with E-state index in [4.69, 9.17) is 15.2 Å². The fraction of sp³-hybridized carbons (Fsp3) is 0.526. The van der Waals surface area contributed by atoms with Crippen LogP contribution in [0.2, 0.25) is 0 Å². The molecule has 2 aliphatic heterocycles. The van der Waals surface area contributed by atoms with Crippen molar-refractivity contribution in [1.82, 2.24) is 14.8 Å². The maximum Gasteiger partial charge on any atom is 0.239 e. The molecule has 1 unspecified atom stereocenters. The van der Waals surface area contributed by atoms with Gasteiger partial charge < -0.3 is 15.2 Å². The first-order valence-electron chi connectivity index (χ1n) is 9.13. The van der Waals surface area contributed by atoms with Gasteiger partial charge >= 0.3 is 0 Å². The zero-order valence-electron chi connectivity index (χ0n) is 14.8. The summed E-state index contributed by atoms with van der Waals surface area (Å²) >= 11 is 0. The molecule has 1 aromatic carbocycles. The van der Waals surface area contributed by atoms with E-state index in [2.05, 4.69) is 10.1 Å². The summed E-state index contributed by atoms with van der Waals surface area (Å²) in [5, 5.41) is 4.50. The van der Waals surface area contributed by atoms with Gasteiger partial charge in [-0.15, -0.1) is 0 Å². The molecule has 0 bridgehead atoms. The van der Waals surface area contributed by atoms with Crippen LogP contribution in [-0.4, -0.2) is 40.5 Å². The number of aromatic nitrogens is 3. The average molecular weight is 356 g/mol. The second kappa shape index (κ2) is 7.17. The van der Waals surface area contributed by atoms with Crippen LogP contribution in [0.5, 0.6) is 0 Å². The van der Waals surface area contributed by atoms with E-state index in [0.29, 0.717) is 18.3 Å². The smallest absolute Gasteiger partial charge is 0.239 e. The van der Waals surface area contributed by atoms with Crippen LogP contribution in [-0.2, 0) is 20.8 Å². The summed E-state index contributed by atoms with van der Waals surface area (Å²) in [6, 6.07) is 9.73. The Labute approximate surface area is 152 Å². The maximum absolute atomic E-state index is 11.5. The Bertz CT molecular complexity index is 758. The molecular weight excluding hydrogens is 332 g/mol. The zero-order chi connectivity index (χ0) is 18.0. The molecule has 2 aliphatic rings. The molecule has 7 nitrogen and oxygen atoms in total. The van der Waals surface area contributed by atoms with Gasteiger partial charge in [0.05, 0.1) is 6.61 Å². The van der Waals surface area contributed by atoms with Crippen molar-refractivity contribution in [3.05, 3.63) is 36.2 Å². The molecule has 7 heteroatoms. The van der Waals surface area contributed by atoms with Crippen molar-refractivity contribution < 1.29 is 14.3 Å². The van der Waals surface area contributed by atoms with E-state index in [0.717, 1.165) is 44.5 Å². The lowest BCUT2D eigenvalue weighted by Gasteiger charge is -2.42. The molecule has 2 saturated heterocycles. The Kier molecular flexibility index (Phi) is 4.74. The van der Waals surface area contributed by atoms with E-state index in [-0.39, 0.29) is 18.1 Å². The largest absolute Gasteiger partial charge is 0.381 e. The number of carbonyl (C=O) groups is 1. The van der Waals surface area contributed by atoms with Crippen molar-refractivity contribution in [2.24, 2.45) is 11.1 Å². The van der Waals surface area contributed by atoms with E-state index in [1.54, 1.807) is 4.68 Å². The summed E-state index contributed by atoms with van der Waals surface area (Å²) in [5.41, 5.74) is 6.54. The SMILES string of the molecule is NC(=O)Cn1nc(-c2ccccc2)nc1C1CCC2(CCOCC2)CO1. The fourth-order valence-corrected chi connectivity index (χ4v) is 3.84. The number of hydrogen-bond donors (Lipinski definition) is 1. The number of primary amides is 1. The third-order valence-electron chi connectivity index (χ3n) is 5.41. The second-order valence-corrected chi connectivity index (χ2v) is 7.23. The molecule has 26 heavy (non-hydrogen) atoms. The zero-order valence-corrected chi connectivity index (χ0v) is 14.8. The van der Waals surface area contributed by atoms with Gasteiger partial charge in [-0.25, -0.2) is 9.67 Å². The molecule has 3 heterocycles. The van der Waals surface area contributed by atoms with E-state index in [1.165, 1.54) is 0 Å². The highest BCUT2D eigenvalue weighted by atomic mass is 16.5. The number of carbonyl (C=O) groups excluding carboxylic acids is 1. The minimum Gasteiger partial charge on any atom is -0.381 e. The molecule has 1 atom stereocenters. The molecule has 2 fully saturated rings. The summed E-state index contributed by atoms with van der Waals surface area (Å²) in [6.07, 6.45) is 3.87. The summed E-state index contributed by atoms with van der Waals surface area (Å²) in [7, 11) is 0. The highest BCUT2D eigenvalue weighted by molar-refractivity contribution is 5.73. The number of nitrogens with two attached hydrogens (primary N) is 1. The van der Waals surface area contributed by atoms with Crippen LogP contribution in [0.3, 0.4) is 0 Å². The summed E-state index contributed by atoms with van der Waals surface area (Å²) in [6.45, 7) is 2.33. The van der Waals surface area contributed by atoms with Crippen LogP contribution >= 0.6 is 0 Å². The van der Waals surface area contributed by atoms with Gasteiger partial charge in [0, 0.05) is 18.8 Å². The lowest BCUT2D eigenvalue weighted by molar-refractivity contribution is -0.119. The van der Waals surface area contributed by atoms with Gasteiger partial charge in [0.25, 0.3) is 0 Å². The minimum atomic E-state index is -0.438. The van der Waals surface area contributed by atoms with Crippen LogP contribution in [0.4, 0.5) is 0 Å². The Hall–Kier alpha value is -2.25. The van der Waals surface area contributed by atoms with Crippen molar-refractivity contribution in [3.8, 4) is 11.4 Å². The van der Waals surface area contributed by atoms with Crippen LogP contribution in [0.25, 0.3) is 11.4 Å². The highest BCUT2D eigenvalue weighted by Gasteiger charge is 2.39. The first-order chi connectivity index (χ1) is 12.7. The quantitative estimate of drug-likeness (QED) is 0.905. The van der Waals surface area contributed by atoms with E-state index >= 15 is 0 Å². The fourth-order valence-electron chi connectivity index (χ4n) is 3.84. The Morgan fingerprint density at radius 2 is 2.00 bits per heavy atom. The van der Waals surface area contributed by atoms with Crippen LogP contribution < -0.4 is 5.73 Å².